The molecule has 0 spiro atoms. The van der Waals surface area contributed by atoms with Crippen LogP contribution in [0.4, 0.5) is 22.7 Å². The van der Waals surface area contributed by atoms with Gasteiger partial charge >= 0.3 is 5.97 Å². The van der Waals surface area contributed by atoms with Crippen molar-refractivity contribution in [3.8, 4) is 23.0 Å². The summed E-state index contributed by atoms with van der Waals surface area (Å²) in [5, 5.41) is 73.6. The van der Waals surface area contributed by atoms with E-state index in [4.69, 9.17) is 9.47 Å². The zero-order valence-corrected chi connectivity index (χ0v) is 37.0. The number of anilines is 4. The number of aliphatic hydroxyl groups is 2. The van der Waals surface area contributed by atoms with Crippen molar-refractivity contribution >= 4 is 69.2 Å². The summed E-state index contributed by atoms with van der Waals surface area (Å²) in [7, 11) is 0. The lowest BCUT2D eigenvalue weighted by molar-refractivity contribution is -0.118. The summed E-state index contributed by atoms with van der Waals surface area (Å²) in [5.41, 5.74) is -1.11. The van der Waals surface area contributed by atoms with Crippen molar-refractivity contribution in [2.24, 2.45) is 0 Å². The molecule has 71 heavy (non-hydrogen) atoms. The number of benzene rings is 4. The summed E-state index contributed by atoms with van der Waals surface area (Å²) in [6.07, 6.45) is 3.89. The number of hydrogen-bond donors (Lipinski definition) is 11. The minimum Gasteiger partial charge on any atom is -0.507 e. The van der Waals surface area contributed by atoms with Gasteiger partial charge in [-0.3, -0.25) is 28.8 Å². The van der Waals surface area contributed by atoms with Gasteiger partial charge in [0, 0.05) is 47.6 Å². The lowest BCUT2D eigenvalue weighted by atomic mass is 10.0. The lowest BCUT2D eigenvalue weighted by Gasteiger charge is -2.18. The maximum absolute atomic E-state index is 13.7. The van der Waals surface area contributed by atoms with E-state index >= 15 is 0 Å². The molecule has 1 aliphatic heterocycles. The van der Waals surface area contributed by atoms with E-state index in [0.29, 0.717) is 29.3 Å². The number of aromatic hydroxyl groups is 2. The second-order valence-electron chi connectivity index (χ2n) is 15.5. The Labute approximate surface area is 398 Å². The van der Waals surface area contributed by atoms with Crippen LogP contribution in [0.3, 0.4) is 0 Å². The van der Waals surface area contributed by atoms with Crippen LogP contribution >= 0.6 is 0 Å². The normalized spacial score (nSPS) is 11.9. The van der Waals surface area contributed by atoms with Gasteiger partial charge in [-0.15, -0.1) is 0 Å². The number of carboxylic acid groups (broad SMARTS) is 1. The highest BCUT2D eigenvalue weighted by molar-refractivity contribution is 6.10. The Morgan fingerprint density at radius 1 is 0.732 bits per heavy atom. The molecule has 0 radical (unpaired) electrons. The summed E-state index contributed by atoms with van der Waals surface area (Å²) >= 11 is 0. The standard InChI is InChI=1S/C47H40N10O14/c1-2-57-18-29(41(62)28-14-37-38(15-36(28)57)71-21-70-37)44(65)50-23-5-3-22(4-6-23)42(63)54-35(13-25-17-49-56-55-25)46(67)51-24-7-10-34(48-16-24)45(66)53-33-11-8-26(39(60)30(33)19-58)43(64)52-32-12-9-27(47(68)69)40(61)31(32)20-59/h3-12,14-18,35,58-61H,2,13,19-21H2,1H3,(H,50,65)(H,51,67)(H,52,64)(H,53,66)(H,54,63)(H,68,69)(H,49,55,56)/t35-/m0/s1. The minimum atomic E-state index is -1.47. The Morgan fingerprint density at radius 3 is 1.99 bits per heavy atom. The largest absolute Gasteiger partial charge is 0.507 e. The molecule has 8 rings (SSSR count). The molecule has 0 saturated carbocycles. The summed E-state index contributed by atoms with van der Waals surface area (Å²) in [6, 6.07) is 14.8. The zero-order chi connectivity index (χ0) is 50.5. The predicted octanol–water partition coefficient (Wildman–Crippen LogP) is 3.09. The number of carbonyl (C=O) groups is 6. The summed E-state index contributed by atoms with van der Waals surface area (Å²) in [5.74, 6) is -5.92. The van der Waals surface area contributed by atoms with E-state index in [0.717, 1.165) is 18.2 Å². The third-order valence-electron chi connectivity index (χ3n) is 11.2. The van der Waals surface area contributed by atoms with Crippen LogP contribution < -0.4 is 41.5 Å². The number of aromatic amines is 1. The smallest absolute Gasteiger partial charge is 0.339 e. The fourth-order valence-corrected chi connectivity index (χ4v) is 7.48. The number of rotatable bonds is 16. The number of phenols is 2. The van der Waals surface area contributed by atoms with Gasteiger partial charge < -0.3 is 66.2 Å². The molecule has 0 aliphatic carbocycles. The van der Waals surface area contributed by atoms with E-state index in [1.165, 1.54) is 61.1 Å². The van der Waals surface area contributed by atoms with Crippen molar-refractivity contribution in [1.29, 1.82) is 0 Å². The molecule has 5 amide bonds. The van der Waals surface area contributed by atoms with Gasteiger partial charge in [0.25, 0.3) is 23.6 Å². The van der Waals surface area contributed by atoms with Crippen LogP contribution in [0, 0.1) is 0 Å². The van der Waals surface area contributed by atoms with Crippen LogP contribution in [0.25, 0.3) is 10.9 Å². The van der Waals surface area contributed by atoms with E-state index in [1.807, 2.05) is 6.92 Å². The van der Waals surface area contributed by atoms with Gasteiger partial charge in [-0.2, -0.15) is 15.4 Å². The summed E-state index contributed by atoms with van der Waals surface area (Å²) in [4.78, 5) is 95.9. The molecule has 0 saturated heterocycles. The quantitative estimate of drug-likeness (QED) is 0.0663. The van der Waals surface area contributed by atoms with Crippen LogP contribution in [-0.4, -0.2) is 98.8 Å². The van der Waals surface area contributed by atoms with Gasteiger partial charge in [0.2, 0.25) is 18.1 Å². The first-order valence-corrected chi connectivity index (χ1v) is 21.3. The highest BCUT2D eigenvalue weighted by Crippen LogP contribution is 2.36. The SMILES string of the molecule is CCn1cc(C(=O)Nc2ccc(C(=O)N[C@@H](Cc3cn[nH]n3)C(=O)Nc3ccc(C(=O)Nc4ccc(C(=O)Nc5ccc(C(=O)O)c(O)c5CO)c(O)c4CO)nc3)cc2)c(=O)c2cc3c(cc21)OCO3. The topological polar surface area (TPSA) is 359 Å². The molecule has 4 aromatic carbocycles. The van der Waals surface area contributed by atoms with Crippen molar-refractivity contribution in [3.63, 3.8) is 0 Å². The van der Waals surface area contributed by atoms with E-state index < -0.39 is 77.3 Å². The number of aliphatic hydroxyl groups excluding tert-OH is 2. The lowest BCUT2D eigenvalue weighted by Crippen LogP contribution is -2.45. The van der Waals surface area contributed by atoms with Crippen LogP contribution in [0.5, 0.6) is 23.0 Å². The molecular weight excluding hydrogens is 929 g/mol. The molecule has 24 heteroatoms. The van der Waals surface area contributed by atoms with E-state index in [9.17, 15) is 59.1 Å². The zero-order valence-electron chi connectivity index (χ0n) is 37.0. The van der Waals surface area contributed by atoms with Gasteiger partial charge in [-0.25, -0.2) is 9.78 Å². The first kappa shape index (κ1) is 47.8. The van der Waals surface area contributed by atoms with Crippen LogP contribution in [0.2, 0.25) is 0 Å². The number of aromatic carboxylic acids is 1. The molecular formula is C47H40N10O14. The van der Waals surface area contributed by atoms with Crippen LogP contribution in [0.15, 0.2) is 96.2 Å². The second kappa shape index (κ2) is 20.3. The average Bonchev–Trinajstić information content (AvgIpc) is 4.06. The number of fused-ring (bicyclic) bond motifs is 2. The molecule has 1 atom stereocenters. The van der Waals surface area contributed by atoms with Crippen molar-refractivity contribution in [2.45, 2.75) is 39.1 Å². The van der Waals surface area contributed by atoms with Gasteiger partial charge in [0.05, 0.1) is 64.8 Å². The number of pyridine rings is 2. The van der Waals surface area contributed by atoms with E-state index in [-0.39, 0.29) is 74.9 Å². The van der Waals surface area contributed by atoms with Crippen molar-refractivity contribution in [1.82, 2.24) is 30.3 Å². The maximum Gasteiger partial charge on any atom is 0.339 e. The van der Waals surface area contributed by atoms with Gasteiger partial charge in [0.15, 0.2) is 11.5 Å². The monoisotopic (exact) mass is 968 g/mol. The number of nitrogens with one attached hydrogen (secondary N) is 6. The second-order valence-corrected chi connectivity index (χ2v) is 15.5. The number of aromatic nitrogens is 5. The van der Waals surface area contributed by atoms with Crippen molar-refractivity contribution in [3.05, 3.63) is 146 Å². The minimum absolute atomic E-state index is 0.0143. The number of ether oxygens (including phenoxy) is 2. The molecule has 7 aromatic rings. The van der Waals surface area contributed by atoms with Gasteiger partial charge in [-0.1, -0.05) is 0 Å². The van der Waals surface area contributed by atoms with Crippen molar-refractivity contribution in [2.75, 3.05) is 28.1 Å². The number of nitrogens with zero attached hydrogens (tertiary/aromatic N) is 4. The molecule has 0 unspecified atom stereocenters. The molecule has 11 N–H and O–H groups in total. The maximum atomic E-state index is 13.7. The summed E-state index contributed by atoms with van der Waals surface area (Å²) < 4.78 is 12.6. The molecule has 24 nitrogen and oxygen atoms in total. The van der Waals surface area contributed by atoms with Gasteiger partial charge in [0.1, 0.15) is 34.4 Å². The fraction of sp³-hybridized carbons (Fsp3) is 0.149. The fourth-order valence-electron chi connectivity index (χ4n) is 7.48. The van der Waals surface area contributed by atoms with Crippen molar-refractivity contribution < 1.29 is 63.8 Å². The Morgan fingerprint density at radius 2 is 1.37 bits per heavy atom. The number of amides is 5. The molecule has 1 aliphatic rings. The first-order chi connectivity index (χ1) is 34.2. The third kappa shape index (κ3) is 9.99. The number of carboxylic acids is 1. The Bertz CT molecular complexity index is 3320. The molecule has 362 valence electrons. The highest BCUT2D eigenvalue weighted by Gasteiger charge is 2.26. The number of carbonyl (C=O) groups excluding carboxylic acids is 5. The van der Waals surface area contributed by atoms with Crippen LogP contribution in [-0.2, 0) is 31.0 Å². The number of H-pyrrole nitrogens is 1. The molecule has 0 fully saturated rings. The van der Waals surface area contributed by atoms with Gasteiger partial charge in [-0.05, 0) is 73.7 Å². The van der Waals surface area contributed by atoms with E-state index in [1.54, 1.807) is 16.7 Å². The van der Waals surface area contributed by atoms with E-state index in [2.05, 4.69) is 47.0 Å². The van der Waals surface area contributed by atoms with Crippen LogP contribution in [0.1, 0.15) is 75.7 Å². The average molecular weight is 969 g/mol. The Hall–Kier alpha value is -9.68. The molecule has 4 heterocycles. The Balaban J connectivity index is 0.905. The third-order valence-corrected chi connectivity index (χ3v) is 11.2. The number of aryl methyl sites for hydroxylation is 1. The Kier molecular flexibility index (Phi) is 13.6. The highest BCUT2D eigenvalue weighted by atomic mass is 16.7. The molecule has 0 bridgehead atoms. The molecule has 3 aromatic heterocycles. The first-order valence-electron chi connectivity index (χ1n) is 21.3. The number of hydrogen-bond acceptors (Lipinski definition) is 16. The summed E-state index contributed by atoms with van der Waals surface area (Å²) in [6.45, 7) is 0.636. The predicted molar refractivity (Wildman–Crippen MR) is 250 cm³/mol.